The summed E-state index contributed by atoms with van der Waals surface area (Å²) in [5, 5.41) is 0. The molecule has 0 aromatic carbocycles. The van der Waals surface area contributed by atoms with Crippen LogP contribution in [-0.2, 0) is 4.79 Å². The van der Waals surface area contributed by atoms with Crippen LogP contribution in [0, 0.1) is 5.92 Å². The van der Waals surface area contributed by atoms with E-state index in [2.05, 4.69) is 13.8 Å². The molecule has 0 spiro atoms. The van der Waals surface area contributed by atoms with Gasteiger partial charge in [-0.3, -0.25) is 4.79 Å². The van der Waals surface area contributed by atoms with Crippen LogP contribution in [0.5, 0.6) is 0 Å². The third kappa shape index (κ3) is 6.05. The Morgan fingerprint density at radius 2 is 2.18 bits per heavy atom. The maximum Gasteiger partial charge on any atom is 0.134 e. The van der Waals surface area contributed by atoms with Crippen LogP contribution in [-0.4, -0.2) is 12.3 Å². The summed E-state index contributed by atoms with van der Waals surface area (Å²) in [7, 11) is 0. The molecule has 0 aliphatic heterocycles. The summed E-state index contributed by atoms with van der Waals surface area (Å²) in [5.41, 5.74) is 5.26. The first-order valence-electron chi connectivity index (χ1n) is 4.42. The highest BCUT2D eigenvalue weighted by Gasteiger charge is 2.06. The molecular formula is C9H19NO. The smallest absolute Gasteiger partial charge is 0.134 e. The number of nitrogens with two attached hydrogens (primary N) is 1. The molecule has 0 aliphatic carbocycles. The second-order valence-corrected chi connectivity index (χ2v) is 3.18. The summed E-state index contributed by atoms with van der Waals surface area (Å²) in [6.07, 6.45) is 3.58. The van der Waals surface area contributed by atoms with Gasteiger partial charge in [-0.1, -0.05) is 26.7 Å². The van der Waals surface area contributed by atoms with Gasteiger partial charge in [-0.15, -0.1) is 0 Å². The molecule has 1 unspecified atom stereocenters. The van der Waals surface area contributed by atoms with E-state index in [-0.39, 0.29) is 0 Å². The Kier molecular flexibility index (Phi) is 6.13. The van der Waals surface area contributed by atoms with Gasteiger partial charge in [0, 0.05) is 12.8 Å². The van der Waals surface area contributed by atoms with Crippen LogP contribution in [0.3, 0.4) is 0 Å². The average molecular weight is 157 g/mol. The van der Waals surface area contributed by atoms with E-state index in [1.165, 1.54) is 0 Å². The van der Waals surface area contributed by atoms with E-state index in [1.807, 2.05) is 0 Å². The standard InChI is InChI=1S/C9H19NO/c1-3-4-8(2)7-9(11)5-6-10/h8H,3-7,10H2,1-2H3. The molecule has 0 fully saturated rings. The van der Waals surface area contributed by atoms with Gasteiger partial charge in [0.05, 0.1) is 0 Å². The van der Waals surface area contributed by atoms with Crippen LogP contribution < -0.4 is 5.73 Å². The molecule has 0 radical (unpaired) electrons. The van der Waals surface area contributed by atoms with Crippen LogP contribution >= 0.6 is 0 Å². The molecule has 2 heteroatoms. The van der Waals surface area contributed by atoms with Crippen molar-refractivity contribution in [2.45, 2.75) is 39.5 Å². The van der Waals surface area contributed by atoms with Crippen molar-refractivity contribution < 1.29 is 4.79 Å². The predicted octanol–water partition coefficient (Wildman–Crippen LogP) is 1.73. The lowest BCUT2D eigenvalue weighted by atomic mass is 9.98. The molecule has 1 atom stereocenters. The van der Waals surface area contributed by atoms with Gasteiger partial charge in [-0.2, -0.15) is 0 Å². The third-order valence-electron chi connectivity index (χ3n) is 1.78. The van der Waals surface area contributed by atoms with Crippen LogP contribution in [0.1, 0.15) is 39.5 Å². The van der Waals surface area contributed by atoms with E-state index < -0.39 is 0 Å². The average Bonchev–Trinajstić information content (AvgIpc) is 1.87. The van der Waals surface area contributed by atoms with E-state index in [0.717, 1.165) is 12.8 Å². The Morgan fingerprint density at radius 1 is 1.55 bits per heavy atom. The number of carbonyl (C=O) groups is 1. The lowest BCUT2D eigenvalue weighted by Gasteiger charge is -2.07. The summed E-state index contributed by atoms with van der Waals surface area (Å²) >= 11 is 0. The minimum atomic E-state index is 0.313. The summed E-state index contributed by atoms with van der Waals surface area (Å²) in [5.74, 6) is 0.854. The fourth-order valence-electron chi connectivity index (χ4n) is 1.25. The number of hydrogen-bond acceptors (Lipinski definition) is 2. The van der Waals surface area contributed by atoms with Crippen LogP contribution in [0.4, 0.5) is 0 Å². The topological polar surface area (TPSA) is 43.1 Å². The molecule has 11 heavy (non-hydrogen) atoms. The van der Waals surface area contributed by atoms with Crippen molar-refractivity contribution in [1.29, 1.82) is 0 Å². The monoisotopic (exact) mass is 157 g/mol. The minimum Gasteiger partial charge on any atom is -0.330 e. The molecule has 66 valence electrons. The molecule has 0 aromatic rings. The molecule has 0 heterocycles. The number of Topliss-reactive ketones (excluding diaryl/α,β-unsaturated/α-hetero) is 1. The van der Waals surface area contributed by atoms with Gasteiger partial charge in [0.1, 0.15) is 5.78 Å². The quantitative estimate of drug-likeness (QED) is 0.638. The fourth-order valence-corrected chi connectivity index (χ4v) is 1.25. The Morgan fingerprint density at radius 3 is 2.64 bits per heavy atom. The first-order chi connectivity index (χ1) is 5.20. The molecule has 0 aromatic heterocycles. The number of hydrogen-bond donors (Lipinski definition) is 1. The molecular weight excluding hydrogens is 138 g/mol. The highest BCUT2D eigenvalue weighted by Crippen LogP contribution is 2.10. The first kappa shape index (κ1) is 10.6. The van der Waals surface area contributed by atoms with Crippen molar-refractivity contribution in [3.63, 3.8) is 0 Å². The highest BCUT2D eigenvalue weighted by molar-refractivity contribution is 5.78. The third-order valence-corrected chi connectivity index (χ3v) is 1.78. The van der Waals surface area contributed by atoms with Crippen LogP contribution in [0.15, 0.2) is 0 Å². The van der Waals surface area contributed by atoms with Crippen molar-refractivity contribution in [3.05, 3.63) is 0 Å². The van der Waals surface area contributed by atoms with E-state index in [4.69, 9.17) is 5.73 Å². The van der Waals surface area contributed by atoms with Crippen molar-refractivity contribution in [2.24, 2.45) is 11.7 Å². The van der Waals surface area contributed by atoms with Crippen LogP contribution in [0.25, 0.3) is 0 Å². The SMILES string of the molecule is CCCC(C)CC(=O)CCN. The second-order valence-electron chi connectivity index (χ2n) is 3.18. The number of ketones is 1. The predicted molar refractivity (Wildman–Crippen MR) is 47.4 cm³/mol. The lowest BCUT2D eigenvalue weighted by Crippen LogP contribution is -2.10. The summed E-state index contributed by atoms with van der Waals surface area (Å²) in [4.78, 5) is 11.0. The molecule has 0 saturated heterocycles. The van der Waals surface area contributed by atoms with Gasteiger partial charge in [-0.25, -0.2) is 0 Å². The minimum absolute atomic E-state index is 0.313. The van der Waals surface area contributed by atoms with Gasteiger partial charge in [0.25, 0.3) is 0 Å². The van der Waals surface area contributed by atoms with E-state index >= 15 is 0 Å². The van der Waals surface area contributed by atoms with E-state index in [9.17, 15) is 4.79 Å². The van der Waals surface area contributed by atoms with E-state index in [0.29, 0.717) is 31.1 Å². The first-order valence-corrected chi connectivity index (χ1v) is 4.42. The molecule has 0 bridgehead atoms. The molecule has 2 N–H and O–H groups in total. The van der Waals surface area contributed by atoms with Gasteiger partial charge in [0.2, 0.25) is 0 Å². The zero-order valence-electron chi connectivity index (χ0n) is 7.60. The lowest BCUT2D eigenvalue weighted by molar-refractivity contribution is -0.119. The molecule has 2 nitrogen and oxygen atoms in total. The number of carbonyl (C=O) groups excluding carboxylic acids is 1. The van der Waals surface area contributed by atoms with Gasteiger partial charge in [-0.05, 0) is 12.5 Å². The number of rotatable bonds is 6. The summed E-state index contributed by atoms with van der Waals surface area (Å²) < 4.78 is 0. The normalized spacial score (nSPS) is 13.0. The molecule has 0 aliphatic rings. The fraction of sp³-hybridized carbons (Fsp3) is 0.889. The maximum absolute atomic E-state index is 11.0. The Hall–Kier alpha value is -0.370. The van der Waals surface area contributed by atoms with E-state index in [1.54, 1.807) is 0 Å². The molecule has 0 saturated carbocycles. The summed E-state index contributed by atoms with van der Waals surface area (Å²) in [6.45, 7) is 4.76. The maximum atomic E-state index is 11.0. The van der Waals surface area contributed by atoms with Gasteiger partial charge < -0.3 is 5.73 Å². The Labute approximate surface area is 69.2 Å². The van der Waals surface area contributed by atoms with Crippen molar-refractivity contribution in [3.8, 4) is 0 Å². The van der Waals surface area contributed by atoms with Crippen molar-refractivity contribution in [1.82, 2.24) is 0 Å². The Balaban J connectivity index is 3.40. The molecule has 0 amide bonds. The zero-order valence-corrected chi connectivity index (χ0v) is 7.60. The Bertz CT molecular complexity index is 112. The van der Waals surface area contributed by atoms with Gasteiger partial charge in [0.15, 0.2) is 0 Å². The zero-order chi connectivity index (χ0) is 8.69. The van der Waals surface area contributed by atoms with Crippen LogP contribution in [0.2, 0.25) is 0 Å². The largest absolute Gasteiger partial charge is 0.330 e. The summed E-state index contributed by atoms with van der Waals surface area (Å²) in [6, 6.07) is 0. The van der Waals surface area contributed by atoms with Crippen molar-refractivity contribution in [2.75, 3.05) is 6.54 Å². The van der Waals surface area contributed by atoms with Gasteiger partial charge >= 0.3 is 0 Å². The molecule has 0 rings (SSSR count). The highest BCUT2D eigenvalue weighted by atomic mass is 16.1. The van der Waals surface area contributed by atoms with Crippen molar-refractivity contribution >= 4 is 5.78 Å². The second kappa shape index (κ2) is 6.35.